The lowest BCUT2D eigenvalue weighted by Crippen LogP contribution is -1.91. The van der Waals surface area contributed by atoms with Gasteiger partial charge in [0.1, 0.15) is 0 Å². The number of halogens is 1. The van der Waals surface area contributed by atoms with E-state index in [0.29, 0.717) is 10.6 Å². The van der Waals surface area contributed by atoms with Crippen LogP contribution in [0.15, 0.2) is 24.8 Å². The highest BCUT2D eigenvalue weighted by atomic mass is 35.5. The summed E-state index contributed by atoms with van der Waals surface area (Å²) in [6.07, 6.45) is 1.38. The number of rotatable bonds is 2. The van der Waals surface area contributed by atoms with E-state index in [1.165, 1.54) is 18.2 Å². The van der Waals surface area contributed by atoms with Gasteiger partial charge in [0.2, 0.25) is 0 Å². The first-order chi connectivity index (χ1) is 5.66. The molecule has 0 saturated carbocycles. The molecule has 0 heterocycles. The molecule has 12 heavy (non-hydrogen) atoms. The second-order valence-corrected chi connectivity index (χ2v) is 2.54. The van der Waals surface area contributed by atoms with Crippen molar-refractivity contribution < 1.29 is 4.92 Å². The van der Waals surface area contributed by atoms with Crippen LogP contribution in [0.25, 0.3) is 6.08 Å². The molecule has 0 atom stereocenters. The SMILES string of the molecule is C=Cc1c(Cl)cccc1[N+](=O)[O-]. The average molecular weight is 184 g/mol. The third-order valence-electron chi connectivity index (χ3n) is 1.43. The van der Waals surface area contributed by atoms with Crippen molar-refractivity contribution in [2.75, 3.05) is 0 Å². The largest absolute Gasteiger partial charge is 0.278 e. The van der Waals surface area contributed by atoms with Gasteiger partial charge in [0.05, 0.1) is 15.5 Å². The van der Waals surface area contributed by atoms with E-state index in [0.717, 1.165) is 0 Å². The molecule has 1 aromatic rings. The van der Waals surface area contributed by atoms with Crippen molar-refractivity contribution >= 4 is 23.4 Å². The Hall–Kier alpha value is -1.35. The summed E-state index contributed by atoms with van der Waals surface area (Å²) < 4.78 is 0. The van der Waals surface area contributed by atoms with Crippen LogP contribution in [0, 0.1) is 10.1 Å². The van der Waals surface area contributed by atoms with Crippen LogP contribution in [-0.2, 0) is 0 Å². The summed E-state index contributed by atoms with van der Waals surface area (Å²) >= 11 is 5.70. The first-order valence-electron chi connectivity index (χ1n) is 3.22. The molecule has 0 saturated heterocycles. The van der Waals surface area contributed by atoms with E-state index in [-0.39, 0.29) is 5.69 Å². The first-order valence-corrected chi connectivity index (χ1v) is 3.60. The smallest absolute Gasteiger partial charge is 0.258 e. The quantitative estimate of drug-likeness (QED) is 0.523. The molecule has 3 nitrogen and oxygen atoms in total. The molecule has 0 aliphatic carbocycles. The van der Waals surface area contributed by atoms with Crippen molar-refractivity contribution in [1.29, 1.82) is 0 Å². The molecule has 0 fully saturated rings. The number of benzene rings is 1. The van der Waals surface area contributed by atoms with Gasteiger partial charge in [0.25, 0.3) is 5.69 Å². The number of nitro benzene ring substituents is 1. The average Bonchev–Trinajstić information content (AvgIpc) is 2.03. The van der Waals surface area contributed by atoms with E-state index in [1.54, 1.807) is 6.07 Å². The normalized spacial score (nSPS) is 9.42. The van der Waals surface area contributed by atoms with Gasteiger partial charge in [-0.15, -0.1) is 0 Å². The monoisotopic (exact) mass is 183 g/mol. The van der Waals surface area contributed by atoms with Gasteiger partial charge < -0.3 is 0 Å². The van der Waals surface area contributed by atoms with Gasteiger partial charge in [-0.25, -0.2) is 0 Å². The van der Waals surface area contributed by atoms with E-state index >= 15 is 0 Å². The Morgan fingerprint density at radius 1 is 1.58 bits per heavy atom. The molecule has 0 aliphatic heterocycles. The fraction of sp³-hybridized carbons (Fsp3) is 0. The zero-order valence-electron chi connectivity index (χ0n) is 6.16. The maximum Gasteiger partial charge on any atom is 0.278 e. The van der Waals surface area contributed by atoms with Gasteiger partial charge in [0.15, 0.2) is 0 Å². The Balaban J connectivity index is 3.37. The second kappa shape index (κ2) is 3.36. The molecule has 0 unspecified atom stereocenters. The summed E-state index contributed by atoms with van der Waals surface area (Å²) in [5.74, 6) is 0. The maximum atomic E-state index is 10.4. The molecule has 0 amide bonds. The summed E-state index contributed by atoms with van der Waals surface area (Å²) in [6.45, 7) is 3.45. The summed E-state index contributed by atoms with van der Waals surface area (Å²) in [7, 11) is 0. The lowest BCUT2D eigenvalue weighted by atomic mass is 10.2. The van der Waals surface area contributed by atoms with Crippen molar-refractivity contribution in [3.05, 3.63) is 45.5 Å². The Kier molecular flexibility index (Phi) is 2.45. The highest BCUT2D eigenvalue weighted by molar-refractivity contribution is 6.32. The second-order valence-electron chi connectivity index (χ2n) is 2.13. The molecule has 4 heteroatoms. The predicted molar refractivity (Wildman–Crippen MR) is 48.2 cm³/mol. The zero-order valence-corrected chi connectivity index (χ0v) is 6.91. The van der Waals surface area contributed by atoms with Crippen molar-refractivity contribution in [3.63, 3.8) is 0 Å². The number of hydrogen-bond acceptors (Lipinski definition) is 2. The molecule has 0 N–H and O–H groups in total. The standard InChI is InChI=1S/C8H6ClNO2/c1-2-6-7(9)4-3-5-8(6)10(11)12/h2-5H,1H2. The minimum absolute atomic E-state index is 0.0162. The minimum atomic E-state index is -0.483. The van der Waals surface area contributed by atoms with Crippen molar-refractivity contribution in [2.45, 2.75) is 0 Å². The molecular formula is C8H6ClNO2. The van der Waals surface area contributed by atoms with Gasteiger partial charge in [-0.2, -0.15) is 0 Å². The predicted octanol–water partition coefficient (Wildman–Crippen LogP) is 2.89. The van der Waals surface area contributed by atoms with Crippen LogP contribution in [0.1, 0.15) is 5.56 Å². The van der Waals surface area contributed by atoms with Gasteiger partial charge in [-0.05, 0) is 6.07 Å². The third-order valence-corrected chi connectivity index (χ3v) is 1.76. The molecule has 0 spiro atoms. The van der Waals surface area contributed by atoms with E-state index in [2.05, 4.69) is 6.58 Å². The lowest BCUT2D eigenvalue weighted by Gasteiger charge is -1.98. The Morgan fingerprint density at radius 3 is 2.67 bits per heavy atom. The van der Waals surface area contributed by atoms with Gasteiger partial charge in [-0.1, -0.05) is 30.3 Å². The van der Waals surface area contributed by atoms with Gasteiger partial charge in [-0.3, -0.25) is 10.1 Å². The Morgan fingerprint density at radius 2 is 2.25 bits per heavy atom. The van der Waals surface area contributed by atoms with Gasteiger partial charge in [0, 0.05) is 6.07 Å². The van der Waals surface area contributed by atoms with Crippen LogP contribution in [0.2, 0.25) is 5.02 Å². The van der Waals surface area contributed by atoms with Crippen LogP contribution in [0.4, 0.5) is 5.69 Å². The number of nitrogens with zero attached hydrogens (tertiary/aromatic N) is 1. The summed E-state index contributed by atoms with van der Waals surface area (Å²) in [6, 6.07) is 4.52. The Bertz CT molecular complexity index is 336. The van der Waals surface area contributed by atoms with Crippen LogP contribution >= 0.6 is 11.6 Å². The van der Waals surface area contributed by atoms with Crippen LogP contribution in [-0.4, -0.2) is 4.92 Å². The molecule has 1 aromatic carbocycles. The summed E-state index contributed by atoms with van der Waals surface area (Å²) in [5.41, 5.74) is 0.349. The van der Waals surface area contributed by atoms with Crippen molar-refractivity contribution in [3.8, 4) is 0 Å². The molecule has 1 rings (SSSR count). The fourth-order valence-corrected chi connectivity index (χ4v) is 1.13. The molecular weight excluding hydrogens is 178 g/mol. The Labute approximate surface area is 74.4 Å². The van der Waals surface area contributed by atoms with E-state index in [1.807, 2.05) is 0 Å². The van der Waals surface area contributed by atoms with Crippen LogP contribution in [0.3, 0.4) is 0 Å². The van der Waals surface area contributed by atoms with Crippen molar-refractivity contribution in [2.24, 2.45) is 0 Å². The third kappa shape index (κ3) is 1.46. The molecule has 0 radical (unpaired) electrons. The minimum Gasteiger partial charge on any atom is -0.258 e. The van der Waals surface area contributed by atoms with Crippen LogP contribution in [0.5, 0.6) is 0 Å². The molecule has 62 valence electrons. The molecule has 0 aliphatic rings. The topological polar surface area (TPSA) is 43.1 Å². The summed E-state index contributed by atoms with van der Waals surface area (Å²) in [4.78, 5) is 9.95. The lowest BCUT2D eigenvalue weighted by molar-refractivity contribution is -0.385. The zero-order chi connectivity index (χ0) is 9.14. The van der Waals surface area contributed by atoms with Crippen molar-refractivity contribution in [1.82, 2.24) is 0 Å². The van der Waals surface area contributed by atoms with E-state index in [4.69, 9.17) is 11.6 Å². The maximum absolute atomic E-state index is 10.4. The number of nitro groups is 1. The molecule has 0 bridgehead atoms. The highest BCUT2D eigenvalue weighted by Crippen LogP contribution is 2.26. The molecule has 0 aromatic heterocycles. The number of hydrogen-bond donors (Lipinski definition) is 0. The van der Waals surface area contributed by atoms with Gasteiger partial charge >= 0.3 is 0 Å². The highest BCUT2D eigenvalue weighted by Gasteiger charge is 2.12. The summed E-state index contributed by atoms with van der Waals surface area (Å²) in [5, 5.41) is 10.8. The fourth-order valence-electron chi connectivity index (χ4n) is 0.887. The van der Waals surface area contributed by atoms with Crippen LogP contribution < -0.4 is 0 Å². The van der Waals surface area contributed by atoms with E-state index < -0.39 is 4.92 Å². The van der Waals surface area contributed by atoms with E-state index in [9.17, 15) is 10.1 Å². The first kappa shape index (κ1) is 8.74.